The minimum Gasteiger partial charge on any atom is -0.354 e. The van der Waals surface area contributed by atoms with Crippen LogP contribution in [-0.4, -0.2) is 49.8 Å². The van der Waals surface area contributed by atoms with Gasteiger partial charge in [-0.15, -0.1) is 0 Å². The molecule has 1 aromatic carbocycles. The fourth-order valence-corrected chi connectivity index (χ4v) is 1.71. The SMILES string of the molecule is COC(CN(C)C(=O)c1ccc(C)c([N+](=O)[O-])c1)OC. The molecule has 0 saturated carbocycles. The third-order valence-electron chi connectivity index (χ3n) is 2.95. The molecule has 1 aromatic rings. The fourth-order valence-electron chi connectivity index (χ4n) is 1.71. The van der Waals surface area contributed by atoms with Crippen LogP contribution in [0, 0.1) is 17.0 Å². The molecule has 0 aliphatic heterocycles. The van der Waals surface area contributed by atoms with Gasteiger partial charge in [0.25, 0.3) is 11.6 Å². The molecule has 0 spiro atoms. The first-order valence-corrected chi connectivity index (χ1v) is 5.96. The standard InChI is InChI=1S/C13H18N2O5/c1-9-5-6-10(7-11(9)15(17)18)13(16)14(2)8-12(19-3)20-4/h5-7,12H,8H2,1-4H3. The Hall–Kier alpha value is -1.99. The van der Waals surface area contributed by atoms with Crippen molar-refractivity contribution in [1.29, 1.82) is 0 Å². The summed E-state index contributed by atoms with van der Waals surface area (Å²) in [6, 6.07) is 4.40. The van der Waals surface area contributed by atoms with Crippen LogP contribution in [0.1, 0.15) is 15.9 Å². The van der Waals surface area contributed by atoms with Crippen LogP contribution in [0.4, 0.5) is 5.69 Å². The maximum absolute atomic E-state index is 12.2. The molecule has 0 aromatic heterocycles. The van der Waals surface area contributed by atoms with Crippen LogP contribution in [-0.2, 0) is 9.47 Å². The number of aryl methyl sites for hydroxylation is 1. The largest absolute Gasteiger partial charge is 0.354 e. The van der Waals surface area contributed by atoms with E-state index in [2.05, 4.69) is 0 Å². The second kappa shape index (κ2) is 6.97. The van der Waals surface area contributed by atoms with Crippen LogP contribution in [0.25, 0.3) is 0 Å². The van der Waals surface area contributed by atoms with Crippen molar-refractivity contribution in [2.45, 2.75) is 13.2 Å². The van der Waals surface area contributed by atoms with Crippen molar-refractivity contribution in [2.75, 3.05) is 27.8 Å². The van der Waals surface area contributed by atoms with Crippen LogP contribution in [0.5, 0.6) is 0 Å². The Morgan fingerprint density at radius 2 is 2.00 bits per heavy atom. The van der Waals surface area contributed by atoms with Crippen molar-refractivity contribution in [3.63, 3.8) is 0 Å². The number of rotatable bonds is 6. The molecule has 0 N–H and O–H groups in total. The monoisotopic (exact) mass is 282 g/mol. The smallest absolute Gasteiger partial charge is 0.273 e. The van der Waals surface area contributed by atoms with Gasteiger partial charge in [0.05, 0.1) is 11.5 Å². The van der Waals surface area contributed by atoms with Crippen molar-refractivity contribution in [1.82, 2.24) is 4.90 Å². The molecule has 0 radical (unpaired) electrons. The zero-order chi connectivity index (χ0) is 15.3. The highest BCUT2D eigenvalue weighted by atomic mass is 16.7. The van der Waals surface area contributed by atoms with Crippen LogP contribution < -0.4 is 0 Å². The number of amides is 1. The van der Waals surface area contributed by atoms with Crippen molar-refractivity contribution < 1.29 is 19.2 Å². The number of nitrogens with zero attached hydrogens (tertiary/aromatic N) is 2. The average Bonchev–Trinajstić information content (AvgIpc) is 2.43. The van der Waals surface area contributed by atoms with Gasteiger partial charge in [-0.25, -0.2) is 0 Å². The number of ether oxygens (including phenoxy) is 2. The molecule has 0 aliphatic carbocycles. The van der Waals surface area contributed by atoms with Crippen molar-refractivity contribution >= 4 is 11.6 Å². The van der Waals surface area contributed by atoms with Gasteiger partial charge in [0.15, 0.2) is 6.29 Å². The summed E-state index contributed by atoms with van der Waals surface area (Å²) >= 11 is 0. The molecule has 0 atom stereocenters. The molecule has 0 heterocycles. The zero-order valence-electron chi connectivity index (χ0n) is 12.0. The van der Waals surface area contributed by atoms with E-state index in [9.17, 15) is 14.9 Å². The van der Waals surface area contributed by atoms with E-state index in [0.717, 1.165) is 0 Å². The molecule has 0 unspecified atom stereocenters. The van der Waals surface area contributed by atoms with Crippen molar-refractivity contribution in [3.8, 4) is 0 Å². The van der Waals surface area contributed by atoms with Crippen molar-refractivity contribution in [2.24, 2.45) is 0 Å². The summed E-state index contributed by atoms with van der Waals surface area (Å²) in [4.78, 5) is 24.0. The number of benzene rings is 1. The number of hydrogen-bond donors (Lipinski definition) is 0. The Kier molecular flexibility index (Phi) is 5.60. The number of carbonyl (C=O) groups is 1. The molecule has 20 heavy (non-hydrogen) atoms. The maximum atomic E-state index is 12.2. The zero-order valence-corrected chi connectivity index (χ0v) is 12.0. The number of hydrogen-bond acceptors (Lipinski definition) is 5. The van der Waals surface area contributed by atoms with Crippen LogP contribution in [0.15, 0.2) is 18.2 Å². The third-order valence-corrected chi connectivity index (χ3v) is 2.95. The van der Waals surface area contributed by atoms with Gasteiger partial charge in [-0.05, 0) is 13.0 Å². The fraction of sp³-hybridized carbons (Fsp3) is 0.462. The van der Waals surface area contributed by atoms with E-state index in [4.69, 9.17) is 9.47 Å². The van der Waals surface area contributed by atoms with E-state index >= 15 is 0 Å². The van der Waals surface area contributed by atoms with Gasteiger partial charge in [-0.2, -0.15) is 0 Å². The molecule has 0 fully saturated rings. The Morgan fingerprint density at radius 3 is 2.50 bits per heavy atom. The molecule has 0 aliphatic rings. The lowest BCUT2D eigenvalue weighted by Crippen LogP contribution is -2.36. The highest BCUT2D eigenvalue weighted by Crippen LogP contribution is 2.20. The average molecular weight is 282 g/mol. The van der Waals surface area contributed by atoms with Gasteiger partial charge in [-0.3, -0.25) is 14.9 Å². The van der Waals surface area contributed by atoms with Crippen molar-refractivity contribution in [3.05, 3.63) is 39.4 Å². The molecule has 7 heteroatoms. The summed E-state index contributed by atoms with van der Waals surface area (Å²) in [7, 11) is 4.53. The summed E-state index contributed by atoms with van der Waals surface area (Å²) in [5, 5.41) is 10.9. The topological polar surface area (TPSA) is 81.9 Å². The molecule has 110 valence electrons. The van der Waals surface area contributed by atoms with Crippen LogP contribution in [0.3, 0.4) is 0 Å². The van der Waals surface area contributed by atoms with E-state index in [1.54, 1.807) is 26.1 Å². The van der Waals surface area contributed by atoms with Gasteiger partial charge in [0, 0.05) is 38.5 Å². The maximum Gasteiger partial charge on any atom is 0.273 e. The summed E-state index contributed by atoms with van der Waals surface area (Å²) in [6.07, 6.45) is -0.538. The Balaban J connectivity index is 2.92. The lowest BCUT2D eigenvalue weighted by molar-refractivity contribution is -0.385. The van der Waals surface area contributed by atoms with E-state index in [-0.39, 0.29) is 23.7 Å². The highest BCUT2D eigenvalue weighted by molar-refractivity contribution is 5.94. The first kappa shape index (κ1) is 16.1. The Morgan fingerprint density at radius 1 is 1.40 bits per heavy atom. The van der Waals surface area contributed by atoms with E-state index in [1.807, 2.05) is 0 Å². The molecule has 0 saturated heterocycles. The second-order valence-corrected chi connectivity index (χ2v) is 4.35. The normalized spacial score (nSPS) is 10.7. The molecule has 0 bridgehead atoms. The molecule has 7 nitrogen and oxygen atoms in total. The van der Waals surface area contributed by atoms with Gasteiger partial charge in [0.2, 0.25) is 0 Å². The quantitative estimate of drug-likeness (QED) is 0.449. The minimum absolute atomic E-state index is 0.0701. The minimum atomic E-state index is -0.538. The number of nitro benzene ring substituents is 1. The van der Waals surface area contributed by atoms with Gasteiger partial charge in [-0.1, -0.05) is 6.07 Å². The Labute approximate surface area is 117 Å². The van der Waals surface area contributed by atoms with Gasteiger partial charge < -0.3 is 14.4 Å². The first-order valence-electron chi connectivity index (χ1n) is 5.96. The molecule has 1 amide bonds. The number of likely N-dealkylation sites (N-methyl/N-ethyl adjacent to an activating group) is 1. The first-order chi connectivity index (χ1) is 9.40. The Bertz CT molecular complexity index is 500. The van der Waals surface area contributed by atoms with Crippen LogP contribution in [0.2, 0.25) is 0 Å². The lowest BCUT2D eigenvalue weighted by atomic mass is 10.1. The lowest BCUT2D eigenvalue weighted by Gasteiger charge is -2.22. The number of carbonyl (C=O) groups excluding carboxylic acids is 1. The molecular weight excluding hydrogens is 264 g/mol. The van der Waals surface area contributed by atoms with Gasteiger partial charge in [0.1, 0.15) is 0 Å². The summed E-state index contributed by atoms with van der Waals surface area (Å²) in [6.45, 7) is 1.86. The van der Waals surface area contributed by atoms with E-state index < -0.39 is 11.2 Å². The summed E-state index contributed by atoms with van der Waals surface area (Å²) < 4.78 is 10.0. The molecular formula is C13H18N2O5. The van der Waals surface area contributed by atoms with E-state index in [1.165, 1.54) is 25.2 Å². The summed E-state index contributed by atoms with van der Waals surface area (Å²) in [5.41, 5.74) is 0.705. The summed E-state index contributed by atoms with van der Waals surface area (Å²) in [5.74, 6) is -0.327. The highest BCUT2D eigenvalue weighted by Gasteiger charge is 2.19. The predicted molar refractivity (Wildman–Crippen MR) is 72.6 cm³/mol. The van der Waals surface area contributed by atoms with Crippen LogP contribution >= 0.6 is 0 Å². The number of methoxy groups -OCH3 is 2. The van der Waals surface area contributed by atoms with Gasteiger partial charge >= 0.3 is 0 Å². The third kappa shape index (κ3) is 3.75. The van der Waals surface area contributed by atoms with E-state index in [0.29, 0.717) is 5.56 Å². The predicted octanol–water partition coefficient (Wildman–Crippen LogP) is 1.59. The second-order valence-electron chi connectivity index (χ2n) is 4.35. The number of nitro groups is 1. The molecule has 1 rings (SSSR count).